The molecule has 0 bridgehead atoms. The van der Waals surface area contributed by atoms with E-state index in [4.69, 9.17) is 0 Å². The van der Waals surface area contributed by atoms with Crippen molar-refractivity contribution in [2.45, 2.75) is 11.8 Å². The van der Waals surface area contributed by atoms with Crippen LogP contribution >= 0.6 is 0 Å². The average molecular weight is 313 g/mol. The fourth-order valence-corrected chi connectivity index (χ4v) is 2.60. The van der Waals surface area contributed by atoms with Gasteiger partial charge in [-0.1, -0.05) is 42.5 Å². The number of carbonyl (C=O) groups is 2. The van der Waals surface area contributed by atoms with Gasteiger partial charge in [-0.25, -0.2) is 0 Å². The van der Waals surface area contributed by atoms with Crippen molar-refractivity contribution >= 4 is 17.6 Å². The van der Waals surface area contributed by atoms with Crippen molar-refractivity contribution in [3.8, 4) is 0 Å². The van der Waals surface area contributed by atoms with Crippen molar-refractivity contribution in [1.29, 1.82) is 0 Å². The maximum atomic E-state index is 11.8. The number of aliphatic carboxylic acids is 2. The highest BCUT2D eigenvalue weighted by Crippen LogP contribution is 2.34. The Hall–Kier alpha value is -2.82. The standard InChI is InChI=1S/C18H19NO4/c1-19(2)14-10-8-13(9-11-14)16(18(22)23)15(17(20)21)12-6-4-3-5-7-12/h3-11,15-16H,1-2H3,(H,20,21)(H,22,23). The highest BCUT2D eigenvalue weighted by molar-refractivity contribution is 5.88. The summed E-state index contributed by atoms with van der Waals surface area (Å²) in [5, 5.41) is 19.2. The molecule has 2 aromatic carbocycles. The summed E-state index contributed by atoms with van der Waals surface area (Å²) in [6.45, 7) is 0. The van der Waals surface area contributed by atoms with Crippen LogP contribution in [0.1, 0.15) is 23.0 Å². The third-order valence-electron chi connectivity index (χ3n) is 3.79. The molecule has 23 heavy (non-hydrogen) atoms. The summed E-state index contributed by atoms with van der Waals surface area (Å²) in [5.74, 6) is -4.59. The van der Waals surface area contributed by atoms with Gasteiger partial charge in [-0.05, 0) is 23.3 Å². The second-order valence-electron chi connectivity index (χ2n) is 5.53. The van der Waals surface area contributed by atoms with E-state index in [9.17, 15) is 19.8 Å². The topological polar surface area (TPSA) is 77.8 Å². The highest BCUT2D eigenvalue weighted by Gasteiger charge is 2.36. The van der Waals surface area contributed by atoms with Gasteiger partial charge in [0.05, 0.1) is 11.8 Å². The minimum Gasteiger partial charge on any atom is -0.481 e. The van der Waals surface area contributed by atoms with E-state index in [1.54, 1.807) is 54.6 Å². The Bertz CT molecular complexity index is 680. The molecule has 120 valence electrons. The molecule has 2 atom stereocenters. The van der Waals surface area contributed by atoms with Gasteiger partial charge in [0.2, 0.25) is 0 Å². The van der Waals surface area contributed by atoms with Crippen LogP contribution in [0.5, 0.6) is 0 Å². The predicted molar refractivity (Wildman–Crippen MR) is 88.0 cm³/mol. The van der Waals surface area contributed by atoms with Gasteiger partial charge < -0.3 is 15.1 Å². The smallest absolute Gasteiger partial charge is 0.312 e. The van der Waals surface area contributed by atoms with Gasteiger partial charge in [0.1, 0.15) is 0 Å². The van der Waals surface area contributed by atoms with Crippen LogP contribution in [0.3, 0.4) is 0 Å². The van der Waals surface area contributed by atoms with E-state index in [0.717, 1.165) is 5.69 Å². The Labute approximate surface area is 134 Å². The summed E-state index contributed by atoms with van der Waals surface area (Å²) >= 11 is 0. The van der Waals surface area contributed by atoms with Crippen LogP contribution in [0, 0.1) is 0 Å². The van der Waals surface area contributed by atoms with E-state index in [1.165, 1.54) is 0 Å². The molecular formula is C18H19NO4. The zero-order chi connectivity index (χ0) is 17.0. The minimum atomic E-state index is -1.15. The van der Waals surface area contributed by atoms with Crippen LogP contribution in [0.25, 0.3) is 0 Å². The SMILES string of the molecule is CN(C)c1ccc(C(C(=O)O)C(C(=O)O)c2ccccc2)cc1. The zero-order valence-corrected chi connectivity index (χ0v) is 13.0. The number of carboxylic acid groups (broad SMARTS) is 2. The molecule has 2 N–H and O–H groups in total. The molecule has 0 saturated heterocycles. The Morgan fingerprint density at radius 2 is 1.22 bits per heavy atom. The molecule has 0 saturated carbocycles. The number of benzene rings is 2. The number of hydrogen-bond acceptors (Lipinski definition) is 3. The molecule has 0 fully saturated rings. The first-order chi connectivity index (χ1) is 10.9. The lowest BCUT2D eigenvalue weighted by molar-refractivity contribution is -0.147. The molecule has 0 aliphatic heterocycles. The molecule has 5 heteroatoms. The molecule has 0 radical (unpaired) electrons. The first kappa shape index (κ1) is 16.5. The van der Waals surface area contributed by atoms with Crippen LogP contribution in [-0.4, -0.2) is 36.2 Å². The Kier molecular flexibility index (Phi) is 5.01. The van der Waals surface area contributed by atoms with E-state index < -0.39 is 23.8 Å². The van der Waals surface area contributed by atoms with E-state index in [-0.39, 0.29) is 0 Å². The number of rotatable bonds is 6. The first-order valence-corrected chi connectivity index (χ1v) is 7.19. The zero-order valence-electron chi connectivity index (χ0n) is 13.0. The summed E-state index contributed by atoms with van der Waals surface area (Å²) in [7, 11) is 3.77. The fraction of sp³-hybridized carbons (Fsp3) is 0.222. The Morgan fingerprint density at radius 3 is 1.61 bits per heavy atom. The lowest BCUT2D eigenvalue weighted by atomic mass is 9.81. The quantitative estimate of drug-likeness (QED) is 0.857. The predicted octanol–water partition coefficient (Wildman–Crippen LogP) is 2.79. The number of hydrogen-bond donors (Lipinski definition) is 2. The molecule has 0 aliphatic carbocycles. The molecule has 0 spiro atoms. The average Bonchev–Trinajstić information content (AvgIpc) is 2.52. The largest absolute Gasteiger partial charge is 0.481 e. The molecule has 0 heterocycles. The summed E-state index contributed by atoms with van der Waals surface area (Å²) in [6.07, 6.45) is 0. The summed E-state index contributed by atoms with van der Waals surface area (Å²) in [4.78, 5) is 25.4. The summed E-state index contributed by atoms with van der Waals surface area (Å²) in [6, 6.07) is 15.4. The Morgan fingerprint density at radius 1 is 0.783 bits per heavy atom. The van der Waals surface area contributed by atoms with Crippen LogP contribution in [0.2, 0.25) is 0 Å². The van der Waals surface area contributed by atoms with Crippen molar-refractivity contribution in [2.75, 3.05) is 19.0 Å². The van der Waals surface area contributed by atoms with Crippen molar-refractivity contribution < 1.29 is 19.8 Å². The van der Waals surface area contributed by atoms with Crippen molar-refractivity contribution in [1.82, 2.24) is 0 Å². The second-order valence-corrected chi connectivity index (χ2v) is 5.53. The van der Waals surface area contributed by atoms with Crippen LogP contribution in [-0.2, 0) is 9.59 Å². The minimum absolute atomic E-state index is 0.472. The van der Waals surface area contributed by atoms with E-state index in [0.29, 0.717) is 11.1 Å². The maximum Gasteiger partial charge on any atom is 0.312 e. The molecule has 2 aromatic rings. The molecule has 0 aliphatic rings. The highest BCUT2D eigenvalue weighted by atomic mass is 16.4. The summed E-state index contributed by atoms with van der Waals surface area (Å²) in [5.41, 5.74) is 1.87. The second kappa shape index (κ2) is 6.96. The number of nitrogens with zero attached hydrogens (tertiary/aromatic N) is 1. The van der Waals surface area contributed by atoms with Gasteiger partial charge in [-0.15, -0.1) is 0 Å². The van der Waals surface area contributed by atoms with Gasteiger partial charge >= 0.3 is 11.9 Å². The van der Waals surface area contributed by atoms with Crippen molar-refractivity contribution in [2.24, 2.45) is 0 Å². The van der Waals surface area contributed by atoms with E-state index in [2.05, 4.69) is 0 Å². The number of carboxylic acids is 2. The van der Waals surface area contributed by atoms with Crippen LogP contribution in [0.15, 0.2) is 54.6 Å². The fourth-order valence-electron chi connectivity index (χ4n) is 2.60. The van der Waals surface area contributed by atoms with Gasteiger partial charge in [-0.2, -0.15) is 0 Å². The lowest BCUT2D eigenvalue weighted by Gasteiger charge is -2.22. The van der Waals surface area contributed by atoms with Crippen molar-refractivity contribution in [3.05, 3.63) is 65.7 Å². The van der Waals surface area contributed by atoms with Crippen LogP contribution in [0.4, 0.5) is 5.69 Å². The van der Waals surface area contributed by atoms with E-state index in [1.807, 2.05) is 19.0 Å². The molecule has 0 aromatic heterocycles. The summed E-state index contributed by atoms with van der Waals surface area (Å²) < 4.78 is 0. The molecule has 0 amide bonds. The third-order valence-corrected chi connectivity index (χ3v) is 3.79. The maximum absolute atomic E-state index is 11.8. The third kappa shape index (κ3) is 3.69. The lowest BCUT2D eigenvalue weighted by Crippen LogP contribution is -2.26. The van der Waals surface area contributed by atoms with E-state index >= 15 is 0 Å². The number of anilines is 1. The van der Waals surface area contributed by atoms with Crippen LogP contribution < -0.4 is 4.90 Å². The molecule has 5 nitrogen and oxygen atoms in total. The van der Waals surface area contributed by atoms with Crippen molar-refractivity contribution in [3.63, 3.8) is 0 Å². The van der Waals surface area contributed by atoms with Gasteiger partial charge in [0.15, 0.2) is 0 Å². The van der Waals surface area contributed by atoms with Gasteiger partial charge in [0.25, 0.3) is 0 Å². The Balaban J connectivity index is 2.47. The van der Waals surface area contributed by atoms with Gasteiger partial charge in [-0.3, -0.25) is 9.59 Å². The monoisotopic (exact) mass is 313 g/mol. The molecule has 2 rings (SSSR count). The first-order valence-electron chi connectivity index (χ1n) is 7.19. The molecular weight excluding hydrogens is 294 g/mol. The van der Waals surface area contributed by atoms with Gasteiger partial charge in [0, 0.05) is 19.8 Å². The molecule has 2 unspecified atom stereocenters. The normalized spacial score (nSPS) is 13.1.